The van der Waals surface area contributed by atoms with E-state index in [4.69, 9.17) is 4.74 Å². The van der Waals surface area contributed by atoms with Crippen LogP contribution in [0.15, 0.2) is 6.20 Å². The molecule has 1 atom stereocenters. The lowest BCUT2D eigenvalue weighted by atomic mass is 10.0. The predicted molar refractivity (Wildman–Crippen MR) is 61.3 cm³/mol. The van der Waals surface area contributed by atoms with Crippen molar-refractivity contribution in [3.63, 3.8) is 0 Å². The summed E-state index contributed by atoms with van der Waals surface area (Å²) in [6.07, 6.45) is 2.40. The van der Waals surface area contributed by atoms with Gasteiger partial charge in [0.1, 0.15) is 0 Å². The van der Waals surface area contributed by atoms with Crippen LogP contribution in [-0.4, -0.2) is 39.6 Å². The van der Waals surface area contributed by atoms with E-state index < -0.39 is 0 Å². The summed E-state index contributed by atoms with van der Waals surface area (Å²) in [6.45, 7) is 5.48. The second kappa shape index (κ2) is 4.73. The number of aromatic nitrogens is 3. The van der Waals surface area contributed by atoms with Gasteiger partial charge in [-0.1, -0.05) is 19.1 Å². The third-order valence-corrected chi connectivity index (χ3v) is 2.96. The molecule has 2 rings (SSSR count). The fourth-order valence-corrected chi connectivity index (χ4v) is 2.26. The highest BCUT2D eigenvalue weighted by Gasteiger charge is 2.29. The summed E-state index contributed by atoms with van der Waals surface area (Å²) in [5, 5.41) is 8.01. The molecule has 1 aromatic heterocycles. The van der Waals surface area contributed by atoms with Crippen LogP contribution >= 0.6 is 0 Å². The standard InChI is InChI=1S/C11H18N4O2/c1-8(2)4-9-6-14(11(16)17-3)7-10-5-12-13-15(9)10/h5,8-9H,4,6-7H2,1-3H3/t9-/m1/s1. The van der Waals surface area contributed by atoms with E-state index in [2.05, 4.69) is 24.2 Å². The molecule has 0 radical (unpaired) electrons. The molecule has 0 aliphatic carbocycles. The minimum Gasteiger partial charge on any atom is -0.453 e. The minimum atomic E-state index is -0.286. The molecule has 0 bridgehead atoms. The van der Waals surface area contributed by atoms with Gasteiger partial charge in [-0.15, -0.1) is 5.10 Å². The summed E-state index contributed by atoms with van der Waals surface area (Å²) < 4.78 is 6.70. The van der Waals surface area contributed by atoms with Crippen molar-refractivity contribution in [3.05, 3.63) is 11.9 Å². The van der Waals surface area contributed by atoms with E-state index in [9.17, 15) is 4.79 Å². The van der Waals surface area contributed by atoms with Crippen LogP contribution < -0.4 is 0 Å². The molecule has 0 unspecified atom stereocenters. The molecule has 2 heterocycles. The van der Waals surface area contributed by atoms with Crippen LogP contribution in [0, 0.1) is 5.92 Å². The minimum absolute atomic E-state index is 0.195. The van der Waals surface area contributed by atoms with Crippen LogP contribution in [0.3, 0.4) is 0 Å². The third kappa shape index (κ3) is 2.40. The highest BCUT2D eigenvalue weighted by atomic mass is 16.5. The zero-order valence-corrected chi connectivity index (χ0v) is 10.5. The maximum atomic E-state index is 11.6. The van der Waals surface area contributed by atoms with E-state index in [1.807, 2.05) is 4.68 Å². The molecule has 6 nitrogen and oxygen atoms in total. The highest BCUT2D eigenvalue weighted by Crippen LogP contribution is 2.25. The van der Waals surface area contributed by atoms with Gasteiger partial charge in [-0.25, -0.2) is 9.48 Å². The fourth-order valence-electron chi connectivity index (χ4n) is 2.26. The third-order valence-electron chi connectivity index (χ3n) is 2.96. The Balaban J connectivity index is 2.19. The Hall–Kier alpha value is -1.59. The van der Waals surface area contributed by atoms with Crippen LogP contribution in [0.4, 0.5) is 4.79 Å². The molecular weight excluding hydrogens is 220 g/mol. The molecule has 6 heteroatoms. The smallest absolute Gasteiger partial charge is 0.409 e. The van der Waals surface area contributed by atoms with E-state index in [1.54, 1.807) is 11.1 Å². The lowest BCUT2D eigenvalue weighted by molar-refractivity contribution is 0.0976. The molecule has 17 heavy (non-hydrogen) atoms. The SMILES string of the molecule is COC(=O)N1Cc2cnnn2[C@H](CC(C)C)C1. The van der Waals surface area contributed by atoms with Gasteiger partial charge in [0.05, 0.1) is 31.6 Å². The number of nitrogens with zero attached hydrogens (tertiary/aromatic N) is 4. The number of carbonyl (C=O) groups excluding carboxylic acids is 1. The van der Waals surface area contributed by atoms with Gasteiger partial charge in [-0.05, 0) is 12.3 Å². The summed E-state index contributed by atoms with van der Waals surface area (Å²) in [5.74, 6) is 0.551. The fraction of sp³-hybridized carbons (Fsp3) is 0.727. The lowest BCUT2D eigenvalue weighted by Gasteiger charge is -2.33. The maximum Gasteiger partial charge on any atom is 0.409 e. The topological polar surface area (TPSA) is 60.2 Å². The van der Waals surface area contributed by atoms with Gasteiger partial charge >= 0.3 is 6.09 Å². The summed E-state index contributed by atoms with van der Waals surface area (Å²) in [7, 11) is 1.41. The number of amides is 1. The highest BCUT2D eigenvalue weighted by molar-refractivity contribution is 5.67. The van der Waals surface area contributed by atoms with E-state index in [0.717, 1.165) is 12.1 Å². The number of hydrogen-bond acceptors (Lipinski definition) is 4. The molecule has 0 spiro atoms. The van der Waals surface area contributed by atoms with Gasteiger partial charge in [0.25, 0.3) is 0 Å². The second-order valence-electron chi connectivity index (χ2n) is 4.80. The van der Waals surface area contributed by atoms with E-state index in [-0.39, 0.29) is 12.1 Å². The van der Waals surface area contributed by atoms with Crippen LogP contribution in [0.2, 0.25) is 0 Å². The molecule has 0 saturated heterocycles. The monoisotopic (exact) mass is 238 g/mol. The number of methoxy groups -OCH3 is 1. The second-order valence-corrected chi connectivity index (χ2v) is 4.80. The van der Waals surface area contributed by atoms with E-state index in [1.165, 1.54) is 7.11 Å². The van der Waals surface area contributed by atoms with Crippen molar-refractivity contribution in [2.45, 2.75) is 32.9 Å². The normalized spacial score (nSPS) is 19.3. The van der Waals surface area contributed by atoms with Crippen LogP contribution in [0.5, 0.6) is 0 Å². The van der Waals surface area contributed by atoms with E-state index >= 15 is 0 Å². The largest absolute Gasteiger partial charge is 0.453 e. The van der Waals surface area contributed by atoms with Crippen molar-refractivity contribution in [1.29, 1.82) is 0 Å². The maximum absolute atomic E-state index is 11.6. The molecule has 1 aromatic rings. The molecule has 0 N–H and O–H groups in total. The lowest BCUT2D eigenvalue weighted by Crippen LogP contribution is -2.41. The molecule has 1 amide bonds. The van der Waals surface area contributed by atoms with Gasteiger partial charge in [0.2, 0.25) is 0 Å². The molecule has 0 saturated carbocycles. The number of ether oxygens (including phenoxy) is 1. The zero-order chi connectivity index (χ0) is 12.4. The Morgan fingerprint density at radius 2 is 2.41 bits per heavy atom. The Bertz CT molecular complexity index is 402. The number of carbonyl (C=O) groups is 1. The summed E-state index contributed by atoms with van der Waals surface area (Å²) in [4.78, 5) is 13.3. The Kier molecular flexibility index (Phi) is 3.31. The first kappa shape index (κ1) is 11.9. The van der Waals surface area contributed by atoms with Crippen molar-refractivity contribution >= 4 is 6.09 Å². The number of fused-ring (bicyclic) bond motifs is 1. The molecule has 1 aliphatic heterocycles. The van der Waals surface area contributed by atoms with Gasteiger partial charge in [-0.2, -0.15) is 0 Å². The Morgan fingerprint density at radius 1 is 1.65 bits per heavy atom. The van der Waals surface area contributed by atoms with Gasteiger partial charge in [-0.3, -0.25) is 0 Å². The Labute approximate surface area is 101 Å². The predicted octanol–water partition coefficient (Wildman–Crippen LogP) is 1.45. The molecule has 0 aromatic carbocycles. The van der Waals surface area contributed by atoms with Gasteiger partial charge < -0.3 is 9.64 Å². The molecular formula is C11H18N4O2. The quantitative estimate of drug-likeness (QED) is 0.782. The average Bonchev–Trinajstić information content (AvgIpc) is 2.75. The summed E-state index contributed by atoms with van der Waals surface area (Å²) in [6, 6.07) is 0.195. The molecule has 94 valence electrons. The number of hydrogen-bond donors (Lipinski definition) is 0. The van der Waals surface area contributed by atoms with Crippen molar-refractivity contribution in [2.75, 3.05) is 13.7 Å². The van der Waals surface area contributed by atoms with Crippen LogP contribution in [-0.2, 0) is 11.3 Å². The summed E-state index contributed by atoms with van der Waals surface area (Å²) >= 11 is 0. The average molecular weight is 238 g/mol. The summed E-state index contributed by atoms with van der Waals surface area (Å²) in [5.41, 5.74) is 0.965. The van der Waals surface area contributed by atoms with Crippen molar-refractivity contribution in [2.24, 2.45) is 5.92 Å². The zero-order valence-electron chi connectivity index (χ0n) is 10.5. The van der Waals surface area contributed by atoms with Crippen molar-refractivity contribution < 1.29 is 9.53 Å². The van der Waals surface area contributed by atoms with Gasteiger partial charge in [0, 0.05) is 6.54 Å². The first-order valence-corrected chi connectivity index (χ1v) is 5.83. The first-order valence-electron chi connectivity index (χ1n) is 5.83. The van der Waals surface area contributed by atoms with Crippen LogP contribution in [0.25, 0.3) is 0 Å². The first-order chi connectivity index (χ1) is 8.11. The molecule has 0 fully saturated rings. The van der Waals surface area contributed by atoms with Gasteiger partial charge in [0.15, 0.2) is 0 Å². The van der Waals surface area contributed by atoms with Crippen molar-refractivity contribution in [3.8, 4) is 0 Å². The van der Waals surface area contributed by atoms with E-state index in [0.29, 0.717) is 19.0 Å². The Morgan fingerprint density at radius 3 is 3.06 bits per heavy atom. The number of rotatable bonds is 2. The van der Waals surface area contributed by atoms with Crippen molar-refractivity contribution in [1.82, 2.24) is 19.9 Å². The molecule has 1 aliphatic rings. The van der Waals surface area contributed by atoms with Crippen LogP contribution in [0.1, 0.15) is 32.0 Å².